The average molecular weight is 173 g/mol. The van der Waals surface area contributed by atoms with Gasteiger partial charge in [0, 0.05) is 6.20 Å². The third-order valence-electron chi connectivity index (χ3n) is 1.67. The van der Waals surface area contributed by atoms with E-state index in [1.807, 2.05) is 0 Å². The number of rotatable bonds is 4. The largest absolute Gasteiger partial charge is 0.347 e. The number of H-pyrrole nitrogens is 1. The molecule has 1 aromatic heterocycles. The zero-order valence-electron chi connectivity index (χ0n) is 6.68. The molecule has 1 atom stereocenters. The third kappa shape index (κ3) is 2.54. The second-order valence-electron chi connectivity index (χ2n) is 2.62. The number of nitrogens with one attached hydrogen (secondary N) is 1. The van der Waals surface area contributed by atoms with E-state index in [4.69, 9.17) is 11.6 Å². The Morgan fingerprint density at radius 2 is 2.55 bits per heavy atom. The lowest BCUT2D eigenvalue weighted by atomic mass is 10.2. The Kier molecular flexibility index (Phi) is 3.43. The first-order valence-electron chi connectivity index (χ1n) is 3.97. The molecule has 1 N–H and O–H groups in total. The number of unbranched alkanes of at least 4 members (excludes halogenated alkanes) is 1. The monoisotopic (exact) mass is 172 g/mol. The van der Waals surface area contributed by atoms with Crippen LogP contribution >= 0.6 is 11.6 Å². The first kappa shape index (κ1) is 8.60. The number of hydrogen-bond acceptors (Lipinski definition) is 1. The molecule has 0 saturated carbocycles. The van der Waals surface area contributed by atoms with Crippen molar-refractivity contribution in [1.29, 1.82) is 0 Å². The maximum atomic E-state index is 6.06. The van der Waals surface area contributed by atoms with Gasteiger partial charge in [0.2, 0.25) is 0 Å². The number of hydrogen-bond donors (Lipinski definition) is 1. The van der Waals surface area contributed by atoms with Crippen LogP contribution in [0.1, 0.15) is 37.3 Å². The van der Waals surface area contributed by atoms with Crippen molar-refractivity contribution in [3.8, 4) is 0 Å². The van der Waals surface area contributed by atoms with Crippen LogP contribution in [0, 0.1) is 0 Å². The average Bonchev–Trinajstić information content (AvgIpc) is 2.52. The van der Waals surface area contributed by atoms with Crippen LogP contribution in [0.25, 0.3) is 0 Å². The van der Waals surface area contributed by atoms with Gasteiger partial charge in [-0.15, -0.1) is 11.6 Å². The lowest BCUT2D eigenvalue weighted by Gasteiger charge is -2.04. The van der Waals surface area contributed by atoms with Crippen molar-refractivity contribution in [2.75, 3.05) is 0 Å². The summed E-state index contributed by atoms with van der Waals surface area (Å²) in [6.07, 6.45) is 6.84. The fourth-order valence-electron chi connectivity index (χ4n) is 0.977. The van der Waals surface area contributed by atoms with Gasteiger partial charge < -0.3 is 4.98 Å². The van der Waals surface area contributed by atoms with Crippen molar-refractivity contribution in [2.45, 2.75) is 31.6 Å². The summed E-state index contributed by atoms with van der Waals surface area (Å²) < 4.78 is 0. The molecular formula is C8H13ClN2. The maximum Gasteiger partial charge on any atom is 0.0922 e. The normalized spacial score (nSPS) is 13.3. The van der Waals surface area contributed by atoms with Gasteiger partial charge in [-0.1, -0.05) is 19.8 Å². The van der Waals surface area contributed by atoms with E-state index < -0.39 is 0 Å². The summed E-state index contributed by atoms with van der Waals surface area (Å²) in [7, 11) is 0. The molecular weight excluding hydrogens is 160 g/mol. The van der Waals surface area contributed by atoms with E-state index in [0.717, 1.165) is 12.1 Å². The molecule has 0 bridgehead atoms. The van der Waals surface area contributed by atoms with Gasteiger partial charge in [0.25, 0.3) is 0 Å². The fraction of sp³-hybridized carbons (Fsp3) is 0.625. The molecule has 0 spiro atoms. The third-order valence-corrected chi connectivity index (χ3v) is 2.12. The number of imidazole rings is 1. The fourth-order valence-corrected chi connectivity index (χ4v) is 1.25. The highest BCUT2D eigenvalue weighted by molar-refractivity contribution is 6.20. The molecule has 2 nitrogen and oxygen atoms in total. The molecule has 3 heteroatoms. The second kappa shape index (κ2) is 4.39. The highest BCUT2D eigenvalue weighted by atomic mass is 35.5. The molecule has 0 aromatic carbocycles. The van der Waals surface area contributed by atoms with Crippen molar-refractivity contribution in [1.82, 2.24) is 9.97 Å². The Morgan fingerprint density at radius 1 is 1.73 bits per heavy atom. The molecule has 0 fully saturated rings. The standard InChI is InChI=1S/C8H13ClN2/c1-2-3-4-7(9)8-5-10-6-11-8/h5-7H,2-4H2,1H3,(H,10,11). The molecule has 0 aliphatic heterocycles. The topological polar surface area (TPSA) is 28.7 Å². The summed E-state index contributed by atoms with van der Waals surface area (Å²) in [4.78, 5) is 6.91. The molecule has 1 heterocycles. The van der Waals surface area contributed by atoms with Crippen molar-refractivity contribution >= 4 is 11.6 Å². The van der Waals surface area contributed by atoms with E-state index in [1.165, 1.54) is 12.8 Å². The Bertz CT molecular complexity index is 184. The summed E-state index contributed by atoms with van der Waals surface area (Å²) in [5.41, 5.74) is 1.03. The molecule has 0 aliphatic carbocycles. The summed E-state index contributed by atoms with van der Waals surface area (Å²) in [6, 6.07) is 0. The number of alkyl halides is 1. The van der Waals surface area contributed by atoms with Crippen LogP contribution in [0.3, 0.4) is 0 Å². The minimum atomic E-state index is 0.109. The molecule has 1 unspecified atom stereocenters. The predicted molar refractivity (Wildman–Crippen MR) is 46.7 cm³/mol. The summed E-state index contributed by atoms with van der Waals surface area (Å²) in [6.45, 7) is 2.16. The lowest BCUT2D eigenvalue weighted by molar-refractivity contribution is 0.692. The van der Waals surface area contributed by atoms with Gasteiger partial charge in [-0.3, -0.25) is 0 Å². The Balaban J connectivity index is 2.36. The van der Waals surface area contributed by atoms with Crippen LogP contribution in [0.2, 0.25) is 0 Å². The summed E-state index contributed by atoms with van der Waals surface area (Å²) in [5, 5.41) is 0.109. The Morgan fingerprint density at radius 3 is 3.09 bits per heavy atom. The molecule has 0 saturated heterocycles. The van der Waals surface area contributed by atoms with E-state index in [-0.39, 0.29) is 5.38 Å². The highest BCUT2D eigenvalue weighted by Gasteiger charge is 2.06. The number of halogens is 1. The van der Waals surface area contributed by atoms with Gasteiger partial charge in [0.05, 0.1) is 17.4 Å². The van der Waals surface area contributed by atoms with E-state index in [1.54, 1.807) is 12.5 Å². The van der Waals surface area contributed by atoms with Gasteiger partial charge in [-0.25, -0.2) is 4.98 Å². The SMILES string of the molecule is CCCCC(Cl)c1cnc[nH]1. The van der Waals surface area contributed by atoms with Crippen molar-refractivity contribution in [2.24, 2.45) is 0 Å². The molecule has 1 aromatic rings. The zero-order chi connectivity index (χ0) is 8.10. The summed E-state index contributed by atoms with van der Waals surface area (Å²) >= 11 is 6.06. The Hall–Kier alpha value is -0.500. The lowest BCUT2D eigenvalue weighted by Crippen LogP contribution is -1.89. The van der Waals surface area contributed by atoms with Crippen molar-refractivity contribution < 1.29 is 0 Å². The zero-order valence-corrected chi connectivity index (χ0v) is 7.43. The first-order valence-corrected chi connectivity index (χ1v) is 4.40. The van der Waals surface area contributed by atoms with Crippen LogP contribution in [0.5, 0.6) is 0 Å². The quantitative estimate of drug-likeness (QED) is 0.696. The van der Waals surface area contributed by atoms with Gasteiger partial charge in [0.15, 0.2) is 0 Å². The van der Waals surface area contributed by atoms with Gasteiger partial charge in [0.1, 0.15) is 0 Å². The molecule has 1 rings (SSSR count). The van der Waals surface area contributed by atoms with Crippen LogP contribution in [0.4, 0.5) is 0 Å². The van der Waals surface area contributed by atoms with Gasteiger partial charge >= 0.3 is 0 Å². The van der Waals surface area contributed by atoms with Crippen LogP contribution in [-0.2, 0) is 0 Å². The van der Waals surface area contributed by atoms with E-state index >= 15 is 0 Å². The minimum absolute atomic E-state index is 0.109. The number of aromatic nitrogens is 2. The van der Waals surface area contributed by atoms with Crippen molar-refractivity contribution in [3.63, 3.8) is 0 Å². The van der Waals surface area contributed by atoms with Crippen LogP contribution in [0.15, 0.2) is 12.5 Å². The highest BCUT2D eigenvalue weighted by Crippen LogP contribution is 2.23. The van der Waals surface area contributed by atoms with Gasteiger partial charge in [-0.05, 0) is 6.42 Å². The van der Waals surface area contributed by atoms with E-state index in [2.05, 4.69) is 16.9 Å². The van der Waals surface area contributed by atoms with Gasteiger partial charge in [-0.2, -0.15) is 0 Å². The predicted octanol–water partition coefficient (Wildman–Crippen LogP) is 2.88. The smallest absolute Gasteiger partial charge is 0.0922 e. The number of nitrogens with zero attached hydrogens (tertiary/aromatic N) is 1. The molecule has 62 valence electrons. The first-order chi connectivity index (χ1) is 5.34. The van der Waals surface area contributed by atoms with Crippen LogP contribution < -0.4 is 0 Å². The van der Waals surface area contributed by atoms with E-state index in [0.29, 0.717) is 0 Å². The minimum Gasteiger partial charge on any atom is -0.347 e. The molecule has 11 heavy (non-hydrogen) atoms. The Labute approximate surface area is 72.0 Å². The maximum absolute atomic E-state index is 6.06. The summed E-state index contributed by atoms with van der Waals surface area (Å²) in [5.74, 6) is 0. The van der Waals surface area contributed by atoms with Crippen LogP contribution in [-0.4, -0.2) is 9.97 Å². The molecule has 0 radical (unpaired) electrons. The van der Waals surface area contributed by atoms with E-state index in [9.17, 15) is 0 Å². The second-order valence-corrected chi connectivity index (χ2v) is 3.14. The number of aromatic amines is 1. The van der Waals surface area contributed by atoms with Crippen molar-refractivity contribution in [3.05, 3.63) is 18.2 Å². The molecule has 0 amide bonds. The molecule has 0 aliphatic rings.